The van der Waals surface area contributed by atoms with Crippen LogP contribution in [0.5, 0.6) is 5.88 Å². The predicted molar refractivity (Wildman–Crippen MR) is 172 cm³/mol. The number of esters is 1. The monoisotopic (exact) mass is 652 g/mol. The van der Waals surface area contributed by atoms with Crippen LogP contribution in [0.2, 0.25) is 0 Å². The minimum Gasteiger partial charge on any atom is -0.473 e. The van der Waals surface area contributed by atoms with E-state index in [1.54, 1.807) is 4.52 Å². The molecule has 2 amide bonds. The van der Waals surface area contributed by atoms with Crippen molar-refractivity contribution in [1.82, 2.24) is 30.2 Å². The number of carbonyl (C=O) groups excluding carboxylic acids is 3. The molecule has 46 heavy (non-hydrogen) atoms. The number of carbonyl (C=O) groups is 3. The van der Waals surface area contributed by atoms with Gasteiger partial charge in [-0.1, -0.05) is 0 Å². The normalized spacial score (nSPS) is 21.9. The smallest absolute Gasteiger partial charge is 0.407 e. The van der Waals surface area contributed by atoms with Crippen molar-refractivity contribution in [1.29, 1.82) is 0 Å². The number of nitrogens with two attached hydrogens (primary N) is 1. The first-order chi connectivity index (χ1) is 21.9. The lowest BCUT2D eigenvalue weighted by atomic mass is 9.93. The number of nitrogen functional groups attached to an aromatic ring is 1. The number of amides is 2. The zero-order valence-electron chi connectivity index (χ0n) is 26.5. The Labute approximate surface area is 270 Å². The van der Waals surface area contributed by atoms with Crippen LogP contribution < -0.4 is 26.0 Å². The lowest BCUT2D eigenvalue weighted by molar-refractivity contribution is -0.134. The fourth-order valence-corrected chi connectivity index (χ4v) is 6.95. The fourth-order valence-electron chi connectivity index (χ4n) is 6.19. The quantitative estimate of drug-likeness (QED) is 0.318. The first-order valence-electron chi connectivity index (χ1n) is 15.6. The number of rotatable bonds is 7. The number of alkyl carbamates (subject to hydrolysis) is 1. The topological polar surface area (TPSA) is 175 Å². The number of ether oxygens (including phenoxy) is 3. The standard InChI is InChI=1S/C31H40N8O6S/c1-17-35-29(44-21-9-7-19(8-10-21)37-30(42)45-31(2,3)4)26(46-17)28(41)36-20-6-5-11-38(14-20)23-13-22(18-12-24(40)43-15-18)39-25(23)27(32)33-16-34-39/h12-13,16,19-21H,5-11,14-15H2,1-4H3,(H,36,41)(H,37,42)(H2,32,33,34)/t19?,20-,21?/m1/s1. The Morgan fingerprint density at radius 2 is 1.91 bits per heavy atom. The summed E-state index contributed by atoms with van der Waals surface area (Å²) in [4.78, 5) is 48.9. The van der Waals surface area contributed by atoms with Crippen molar-refractivity contribution < 1.29 is 28.6 Å². The number of hydrogen-bond acceptors (Lipinski definition) is 12. The van der Waals surface area contributed by atoms with Crippen LogP contribution in [0.15, 0.2) is 18.5 Å². The molecule has 0 radical (unpaired) electrons. The van der Waals surface area contributed by atoms with E-state index in [1.807, 2.05) is 33.8 Å². The number of aryl methyl sites for hydroxylation is 1. The van der Waals surface area contributed by atoms with Crippen molar-refractivity contribution >= 4 is 51.9 Å². The first-order valence-corrected chi connectivity index (χ1v) is 16.4. The molecule has 0 unspecified atom stereocenters. The second kappa shape index (κ2) is 12.8. The maximum atomic E-state index is 13.6. The zero-order valence-corrected chi connectivity index (χ0v) is 27.3. The molecular weight excluding hydrogens is 612 g/mol. The number of anilines is 2. The van der Waals surface area contributed by atoms with Gasteiger partial charge in [-0.15, -0.1) is 11.3 Å². The summed E-state index contributed by atoms with van der Waals surface area (Å²) in [6, 6.07) is 1.84. The SMILES string of the molecule is Cc1nc(OC2CCC(NC(=O)OC(C)(C)C)CC2)c(C(=O)N[C@@H]2CCCN(c3cc(C4=CC(=O)OC4)n4ncnc(N)c34)C2)s1. The van der Waals surface area contributed by atoms with Gasteiger partial charge in [-0.2, -0.15) is 5.10 Å². The summed E-state index contributed by atoms with van der Waals surface area (Å²) in [7, 11) is 0. The Morgan fingerprint density at radius 1 is 1.13 bits per heavy atom. The summed E-state index contributed by atoms with van der Waals surface area (Å²) in [5, 5.41) is 11.3. The molecule has 5 heterocycles. The van der Waals surface area contributed by atoms with Gasteiger partial charge in [0.25, 0.3) is 5.91 Å². The Hall–Kier alpha value is -4.40. The van der Waals surface area contributed by atoms with E-state index in [-0.39, 0.29) is 36.7 Å². The van der Waals surface area contributed by atoms with Crippen molar-refractivity contribution in [3.8, 4) is 5.88 Å². The second-order valence-corrected chi connectivity index (χ2v) is 14.2. The van der Waals surface area contributed by atoms with E-state index in [4.69, 9.17) is 19.9 Å². The van der Waals surface area contributed by atoms with Gasteiger partial charge in [0.2, 0.25) is 5.88 Å². The number of aromatic nitrogens is 4. The van der Waals surface area contributed by atoms with Crippen molar-refractivity contribution in [2.75, 3.05) is 30.3 Å². The molecular formula is C31H40N8O6S. The molecule has 1 saturated carbocycles. The molecule has 1 atom stereocenters. The third-order valence-electron chi connectivity index (χ3n) is 8.23. The van der Waals surface area contributed by atoms with Gasteiger partial charge in [0.1, 0.15) is 30.2 Å². The van der Waals surface area contributed by atoms with Crippen LogP contribution in [0.3, 0.4) is 0 Å². The van der Waals surface area contributed by atoms with E-state index < -0.39 is 11.7 Å². The van der Waals surface area contributed by atoms with Crippen molar-refractivity contribution in [3.63, 3.8) is 0 Å². The van der Waals surface area contributed by atoms with E-state index in [1.165, 1.54) is 23.7 Å². The average Bonchev–Trinajstić information content (AvgIpc) is 3.70. The lowest BCUT2D eigenvalue weighted by Crippen LogP contribution is -2.47. The molecule has 0 spiro atoms. The summed E-state index contributed by atoms with van der Waals surface area (Å²) in [5.41, 5.74) is 8.68. The number of nitrogens with zero attached hydrogens (tertiary/aromatic N) is 5. The number of thiazole rings is 1. The number of nitrogens with one attached hydrogen (secondary N) is 2. The van der Waals surface area contributed by atoms with Crippen LogP contribution in [0.4, 0.5) is 16.3 Å². The molecule has 15 heteroatoms. The largest absolute Gasteiger partial charge is 0.473 e. The molecule has 3 aliphatic rings. The van der Waals surface area contributed by atoms with Gasteiger partial charge in [0, 0.05) is 36.8 Å². The summed E-state index contributed by atoms with van der Waals surface area (Å²) in [6.07, 6.45) is 6.95. The van der Waals surface area contributed by atoms with E-state index in [2.05, 4.69) is 30.6 Å². The summed E-state index contributed by atoms with van der Waals surface area (Å²) in [6.45, 7) is 8.85. The second-order valence-electron chi connectivity index (χ2n) is 13.0. The fraction of sp³-hybridized carbons (Fsp3) is 0.548. The molecule has 246 valence electrons. The van der Waals surface area contributed by atoms with Crippen LogP contribution in [0.25, 0.3) is 11.1 Å². The van der Waals surface area contributed by atoms with E-state index in [0.717, 1.165) is 55.8 Å². The van der Waals surface area contributed by atoms with Gasteiger partial charge in [-0.3, -0.25) is 4.79 Å². The summed E-state index contributed by atoms with van der Waals surface area (Å²) in [5.74, 6) is 0.0687. The maximum absolute atomic E-state index is 13.6. The highest BCUT2D eigenvalue weighted by Gasteiger charge is 2.31. The van der Waals surface area contributed by atoms with Gasteiger partial charge < -0.3 is 35.5 Å². The zero-order chi connectivity index (χ0) is 32.6. The van der Waals surface area contributed by atoms with Gasteiger partial charge in [0.05, 0.1) is 16.4 Å². The van der Waals surface area contributed by atoms with Gasteiger partial charge in [0.15, 0.2) is 10.7 Å². The number of fused-ring (bicyclic) bond motifs is 1. The van der Waals surface area contributed by atoms with Crippen LogP contribution in [-0.4, -0.2) is 81.0 Å². The maximum Gasteiger partial charge on any atom is 0.407 e. The van der Waals surface area contributed by atoms with Crippen LogP contribution in [0, 0.1) is 6.92 Å². The van der Waals surface area contributed by atoms with Gasteiger partial charge in [-0.05, 0) is 72.3 Å². The number of hydrogen-bond donors (Lipinski definition) is 3. The molecule has 4 N–H and O–H groups in total. The number of piperidine rings is 1. The Balaban J connectivity index is 1.10. The third kappa shape index (κ3) is 7.03. The summed E-state index contributed by atoms with van der Waals surface area (Å²) < 4.78 is 18.5. The minimum atomic E-state index is -0.547. The molecule has 0 aromatic carbocycles. The highest BCUT2D eigenvalue weighted by Crippen LogP contribution is 2.35. The molecule has 1 saturated heterocycles. The molecule has 3 aromatic rings. The van der Waals surface area contributed by atoms with Crippen molar-refractivity contribution in [2.45, 2.75) is 90.0 Å². The van der Waals surface area contributed by atoms with E-state index in [0.29, 0.717) is 39.9 Å². The first kappa shape index (κ1) is 31.6. The Kier molecular flexibility index (Phi) is 8.77. The number of cyclic esters (lactones) is 1. The summed E-state index contributed by atoms with van der Waals surface area (Å²) >= 11 is 1.32. The van der Waals surface area contributed by atoms with E-state index >= 15 is 0 Å². The van der Waals surface area contributed by atoms with Crippen molar-refractivity contribution in [3.05, 3.63) is 34.0 Å². The van der Waals surface area contributed by atoms with Crippen molar-refractivity contribution in [2.24, 2.45) is 0 Å². The Bertz CT molecular complexity index is 1670. The van der Waals surface area contributed by atoms with Crippen LogP contribution in [-0.2, 0) is 14.3 Å². The Morgan fingerprint density at radius 3 is 2.63 bits per heavy atom. The highest BCUT2D eigenvalue weighted by molar-refractivity contribution is 7.13. The van der Waals surface area contributed by atoms with E-state index in [9.17, 15) is 14.4 Å². The lowest BCUT2D eigenvalue weighted by Gasteiger charge is -2.34. The minimum absolute atomic E-state index is 0.0190. The predicted octanol–water partition coefficient (Wildman–Crippen LogP) is 3.63. The van der Waals surface area contributed by atoms with Crippen LogP contribution >= 0.6 is 11.3 Å². The average molecular weight is 653 g/mol. The molecule has 2 aliphatic heterocycles. The highest BCUT2D eigenvalue weighted by atomic mass is 32.1. The van der Waals surface area contributed by atoms with Gasteiger partial charge in [-0.25, -0.2) is 24.1 Å². The molecule has 3 aromatic heterocycles. The molecule has 1 aliphatic carbocycles. The molecule has 2 fully saturated rings. The molecule has 0 bridgehead atoms. The van der Waals surface area contributed by atoms with Crippen LogP contribution in [0.1, 0.15) is 79.7 Å². The third-order valence-corrected chi connectivity index (χ3v) is 9.18. The molecule has 6 rings (SSSR count). The molecule has 14 nitrogen and oxygen atoms in total. The van der Waals surface area contributed by atoms with Gasteiger partial charge >= 0.3 is 12.1 Å².